The van der Waals surface area contributed by atoms with E-state index in [1.165, 1.54) is 18.4 Å². The van der Waals surface area contributed by atoms with Crippen LogP contribution in [0.2, 0.25) is 0 Å². The van der Waals surface area contributed by atoms with E-state index in [-0.39, 0.29) is 34.9 Å². The van der Waals surface area contributed by atoms with Crippen molar-refractivity contribution < 1.29 is 19.4 Å². The van der Waals surface area contributed by atoms with Crippen LogP contribution in [-0.2, 0) is 16.0 Å². The topological polar surface area (TPSA) is 120 Å². The Labute approximate surface area is 330 Å². The van der Waals surface area contributed by atoms with Gasteiger partial charge in [0.15, 0.2) is 5.78 Å². The van der Waals surface area contributed by atoms with Crippen molar-refractivity contribution in [3.05, 3.63) is 102 Å². The molecule has 0 aromatic carbocycles. The number of aliphatic carboxylic acids is 1. The number of Topliss-reactive ketones (excluding diaryl/α,β-unsaturated/α-hetero) is 1. The SMILES string of the molecule is C=Cc1c2[n-]c(c1C)/C=C1\[N-]/C(=C3\c4[n-]c(c(C)c4C(=O)[C@@H]3C(=O)O)/C=c3\[n-]/c(c(C)c3CC)=C\2)[C@@H](CCCOC/C=C(/C)CCCC(C)C)[C@@H]1C.[Mg+2]. The molecule has 0 unspecified atom stereocenters. The molecule has 276 valence electrons. The summed E-state index contributed by atoms with van der Waals surface area (Å²) in [5, 5.41) is 17.3. The van der Waals surface area contributed by atoms with Crippen LogP contribution in [0.4, 0.5) is 0 Å². The number of ether oxygens (including phenoxy) is 1. The molecule has 8 nitrogen and oxygen atoms in total. The Bertz CT molecular complexity index is 2140. The maximum atomic E-state index is 14.0. The largest absolute Gasteiger partial charge is 2.00 e. The summed E-state index contributed by atoms with van der Waals surface area (Å²) in [5.74, 6) is -2.45. The third kappa shape index (κ3) is 7.75. The summed E-state index contributed by atoms with van der Waals surface area (Å²) in [4.78, 5) is 42.0. The number of allylic oxidation sites excluding steroid dienone is 3. The molecular weight excluding hydrogens is 673 g/mol. The van der Waals surface area contributed by atoms with Gasteiger partial charge in [0.05, 0.1) is 6.61 Å². The fourth-order valence-corrected chi connectivity index (χ4v) is 8.12. The standard InChI is InChI=1S/C44H54N4O4.Mg/c1-10-29-25(6)32-20-34-27(8)31(16-13-18-52-19-17-24(5)15-12-14-23(3)4)41(47-34)39-40(44(50)51)43(49)38-28(9)35(48-42(38)39)22-37-30(11-2)26(7)33(46-37)21-36(29)45-32;/h10,17,20-23,27,31,40H,1,11-16,18-19H2,2-9H3,(H3,47,48,49,50,51);/q-2;+2/p-2/b24-17-,33-21-,34-20-,37-22-;/t27-,31-,40+;/m0./s1. The van der Waals surface area contributed by atoms with E-state index in [1.54, 1.807) is 0 Å². The first kappa shape index (κ1) is 40.4. The second kappa shape index (κ2) is 16.7. The van der Waals surface area contributed by atoms with Gasteiger partial charge in [-0.2, -0.15) is 11.4 Å². The van der Waals surface area contributed by atoms with Gasteiger partial charge in [-0.3, -0.25) is 9.59 Å². The fraction of sp³-hybridized carbons (Fsp3) is 0.455. The number of carboxylic acids is 1. The summed E-state index contributed by atoms with van der Waals surface area (Å²) in [5.41, 5.74) is 11.0. The fourth-order valence-electron chi connectivity index (χ4n) is 8.12. The van der Waals surface area contributed by atoms with E-state index in [9.17, 15) is 14.7 Å². The average Bonchev–Trinajstić information content (AvgIpc) is 3.83. The van der Waals surface area contributed by atoms with E-state index >= 15 is 0 Å². The molecule has 3 atom stereocenters. The number of aromatic nitrogens is 3. The summed E-state index contributed by atoms with van der Waals surface area (Å²) in [6.45, 7) is 22.1. The van der Waals surface area contributed by atoms with Gasteiger partial charge >= 0.3 is 29.0 Å². The van der Waals surface area contributed by atoms with Crippen molar-refractivity contribution in [3.8, 4) is 0 Å². The minimum absolute atomic E-state index is 0. The summed E-state index contributed by atoms with van der Waals surface area (Å²) < 4.78 is 6.06. The molecule has 0 radical (unpaired) electrons. The first-order valence-electron chi connectivity index (χ1n) is 18.9. The molecule has 6 rings (SSSR count). The Kier molecular flexibility index (Phi) is 12.7. The van der Waals surface area contributed by atoms with Crippen LogP contribution in [0, 0.1) is 44.4 Å². The summed E-state index contributed by atoms with van der Waals surface area (Å²) >= 11 is 0. The van der Waals surface area contributed by atoms with Crippen molar-refractivity contribution >= 4 is 64.7 Å². The molecule has 8 bridgehead atoms. The normalized spacial score (nSPS) is 22.8. The van der Waals surface area contributed by atoms with E-state index in [2.05, 4.69) is 54.2 Å². The quantitative estimate of drug-likeness (QED) is 0.0862. The molecule has 3 aromatic rings. The maximum Gasteiger partial charge on any atom is 2.00 e. The van der Waals surface area contributed by atoms with Gasteiger partial charge in [-0.05, 0) is 83.1 Å². The number of carbonyl (C=O) groups excluding carboxylic acids is 1. The van der Waals surface area contributed by atoms with Crippen molar-refractivity contribution in [1.82, 2.24) is 15.0 Å². The molecule has 1 aliphatic carbocycles. The molecule has 2 aliphatic heterocycles. The molecule has 1 saturated heterocycles. The first-order chi connectivity index (χ1) is 24.9. The minimum atomic E-state index is -1.36. The van der Waals surface area contributed by atoms with Gasteiger partial charge in [0.2, 0.25) is 0 Å². The number of hydrogen-bond acceptors (Lipinski definition) is 3. The molecule has 3 aromatic heterocycles. The second-order valence-electron chi connectivity index (χ2n) is 15.2. The molecule has 0 spiro atoms. The van der Waals surface area contributed by atoms with Gasteiger partial charge in [-0.1, -0.05) is 104 Å². The maximum absolute atomic E-state index is 14.0. The number of carboxylic acid groups (broad SMARTS) is 1. The molecule has 9 heteroatoms. The Balaban J connectivity index is 0.00000541. The third-order valence-corrected chi connectivity index (χ3v) is 11.3. The summed E-state index contributed by atoms with van der Waals surface area (Å²) in [6.07, 6.45) is 15.7. The average molecular weight is 725 g/mol. The Morgan fingerprint density at radius 3 is 2.40 bits per heavy atom. The smallest absolute Gasteiger partial charge is 0.664 e. The van der Waals surface area contributed by atoms with Crippen molar-refractivity contribution in [2.24, 2.45) is 23.7 Å². The van der Waals surface area contributed by atoms with E-state index < -0.39 is 17.7 Å². The van der Waals surface area contributed by atoms with Crippen LogP contribution in [0.5, 0.6) is 0 Å². The zero-order chi connectivity index (χ0) is 37.4. The van der Waals surface area contributed by atoms with Gasteiger partial charge in [-0.15, -0.1) is 33.5 Å². The van der Waals surface area contributed by atoms with E-state index in [0.717, 1.165) is 75.7 Å². The summed E-state index contributed by atoms with van der Waals surface area (Å²) in [6, 6.07) is 0. The van der Waals surface area contributed by atoms with Gasteiger partial charge in [0, 0.05) is 12.2 Å². The van der Waals surface area contributed by atoms with Crippen LogP contribution in [-0.4, -0.2) is 53.1 Å². The van der Waals surface area contributed by atoms with Crippen molar-refractivity contribution in [3.63, 3.8) is 0 Å². The number of fused-ring (bicyclic) bond motifs is 7. The minimum Gasteiger partial charge on any atom is -0.664 e. The van der Waals surface area contributed by atoms with Crippen molar-refractivity contribution in [1.29, 1.82) is 0 Å². The van der Waals surface area contributed by atoms with Crippen LogP contribution in [0.25, 0.3) is 35.2 Å². The van der Waals surface area contributed by atoms with E-state index in [4.69, 9.17) is 25.0 Å². The monoisotopic (exact) mass is 724 g/mol. The molecule has 0 amide bonds. The van der Waals surface area contributed by atoms with E-state index in [1.807, 2.05) is 38.2 Å². The molecule has 3 aliphatic rings. The number of hydrogen-bond donors (Lipinski definition) is 1. The number of ketones is 1. The Morgan fingerprint density at radius 2 is 1.72 bits per heavy atom. The molecule has 0 saturated carbocycles. The molecule has 1 N–H and O–H groups in total. The zero-order valence-electron chi connectivity index (χ0n) is 32.7. The van der Waals surface area contributed by atoms with Crippen LogP contribution >= 0.6 is 0 Å². The predicted octanol–water partition coefficient (Wildman–Crippen LogP) is 7.14. The Morgan fingerprint density at radius 1 is 1.00 bits per heavy atom. The molecule has 53 heavy (non-hydrogen) atoms. The second-order valence-corrected chi connectivity index (χ2v) is 15.2. The molecular formula is C44H52MgN4O4-2. The number of rotatable bonds is 13. The van der Waals surface area contributed by atoms with Crippen LogP contribution in [0.15, 0.2) is 29.6 Å². The molecule has 5 heterocycles. The van der Waals surface area contributed by atoms with Gasteiger partial charge in [0.25, 0.3) is 0 Å². The van der Waals surface area contributed by atoms with Gasteiger partial charge in [0.1, 0.15) is 5.92 Å². The van der Waals surface area contributed by atoms with Crippen LogP contribution < -0.4 is 25.7 Å². The molecule has 1 fully saturated rings. The van der Waals surface area contributed by atoms with Gasteiger partial charge in [-0.25, -0.2) is 0 Å². The van der Waals surface area contributed by atoms with E-state index in [0.29, 0.717) is 52.9 Å². The van der Waals surface area contributed by atoms with Crippen LogP contribution in [0.3, 0.4) is 0 Å². The van der Waals surface area contributed by atoms with Crippen molar-refractivity contribution in [2.45, 2.75) is 93.9 Å². The predicted molar refractivity (Wildman–Crippen MR) is 214 cm³/mol. The zero-order valence-corrected chi connectivity index (χ0v) is 34.1. The third-order valence-electron chi connectivity index (χ3n) is 11.3. The number of carbonyl (C=O) groups is 2. The summed E-state index contributed by atoms with van der Waals surface area (Å²) in [7, 11) is 0. The van der Waals surface area contributed by atoms with Gasteiger partial charge < -0.3 is 30.1 Å². The van der Waals surface area contributed by atoms with Crippen LogP contribution in [0.1, 0.15) is 128 Å². The number of nitrogens with zero attached hydrogens (tertiary/aromatic N) is 4. The van der Waals surface area contributed by atoms with Crippen molar-refractivity contribution in [2.75, 3.05) is 13.2 Å². The Hall–Kier alpha value is -3.79. The first-order valence-corrected chi connectivity index (χ1v) is 18.9.